The number of hydrogen-bond acceptors (Lipinski definition) is 5. The average molecular weight is 361 g/mol. The fourth-order valence-corrected chi connectivity index (χ4v) is 3.06. The molecule has 0 atom stereocenters. The lowest BCUT2D eigenvalue weighted by Gasteiger charge is -2.16. The molecule has 1 heterocycles. The number of allylic oxidation sites excluding steroid dienone is 1. The van der Waals surface area contributed by atoms with Crippen LogP contribution in [0.1, 0.15) is 19.4 Å². The molecule has 1 amide bonds. The van der Waals surface area contributed by atoms with E-state index >= 15 is 0 Å². The lowest BCUT2D eigenvalue weighted by molar-refractivity contribution is -0.138. The summed E-state index contributed by atoms with van der Waals surface area (Å²) in [5.41, 5.74) is 2.16. The SMILES string of the molecule is CCOC(=O)C1=C(C)N(CCOC)C(=O)/C1=C\c1ccc(SC)cc1. The van der Waals surface area contributed by atoms with Crippen LogP contribution < -0.4 is 0 Å². The van der Waals surface area contributed by atoms with Crippen molar-refractivity contribution in [3.05, 3.63) is 46.7 Å². The van der Waals surface area contributed by atoms with Crippen molar-refractivity contribution < 1.29 is 19.1 Å². The molecule has 0 radical (unpaired) electrons. The topological polar surface area (TPSA) is 55.8 Å². The molecule has 1 aromatic carbocycles. The maximum absolute atomic E-state index is 12.8. The van der Waals surface area contributed by atoms with Crippen molar-refractivity contribution in [3.63, 3.8) is 0 Å². The predicted octanol–water partition coefficient (Wildman–Crippen LogP) is 3.12. The van der Waals surface area contributed by atoms with E-state index in [9.17, 15) is 9.59 Å². The first kappa shape index (κ1) is 19.3. The first-order valence-corrected chi connectivity index (χ1v) is 9.30. The number of nitrogens with zero attached hydrogens (tertiary/aromatic N) is 1. The minimum absolute atomic E-state index is 0.202. The smallest absolute Gasteiger partial charge is 0.340 e. The van der Waals surface area contributed by atoms with E-state index in [1.165, 1.54) is 0 Å². The van der Waals surface area contributed by atoms with Gasteiger partial charge >= 0.3 is 5.97 Å². The largest absolute Gasteiger partial charge is 0.462 e. The Bertz CT molecular complexity index is 707. The van der Waals surface area contributed by atoms with Crippen LogP contribution >= 0.6 is 11.8 Å². The number of methoxy groups -OCH3 is 1. The molecule has 0 spiro atoms. The van der Waals surface area contributed by atoms with Gasteiger partial charge in [-0.3, -0.25) is 4.79 Å². The van der Waals surface area contributed by atoms with Crippen LogP contribution in [-0.2, 0) is 19.1 Å². The van der Waals surface area contributed by atoms with Crippen LogP contribution in [0.5, 0.6) is 0 Å². The molecule has 25 heavy (non-hydrogen) atoms. The van der Waals surface area contributed by atoms with E-state index in [0.717, 1.165) is 10.5 Å². The maximum atomic E-state index is 12.8. The van der Waals surface area contributed by atoms with Crippen molar-refractivity contribution >= 4 is 29.7 Å². The number of carbonyl (C=O) groups is 2. The Morgan fingerprint density at radius 1 is 1.28 bits per heavy atom. The first-order valence-electron chi connectivity index (χ1n) is 8.08. The molecular formula is C19H23NO4S. The minimum Gasteiger partial charge on any atom is -0.462 e. The molecule has 0 saturated heterocycles. The summed E-state index contributed by atoms with van der Waals surface area (Å²) in [5, 5.41) is 0. The number of ether oxygens (including phenoxy) is 2. The monoisotopic (exact) mass is 361 g/mol. The van der Waals surface area contributed by atoms with E-state index in [0.29, 0.717) is 30.0 Å². The van der Waals surface area contributed by atoms with Crippen molar-refractivity contribution in [1.29, 1.82) is 0 Å². The van der Waals surface area contributed by atoms with Gasteiger partial charge in [0.1, 0.15) is 0 Å². The average Bonchev–Trinajstić information content (AvgIpc) is 2.84. The molecule has 1 aromatic rings. The molecule has 5 nitrogen and oxygen atoms in total. The van der Waals surface area contributed by atoms with Crippen molar-refractivity contribution in [1.82, 2.24) is 4.90 Å². The normalized spacial score (nSPS) is 16.1. The summed E-state index contributed by atoms with van der Waals surface area (Å²) >= 11 is 1.65. The van der Waals surface area contributed by atoms with E-state index < -0.39 is 5.97 Å². The highest BCUT2D eigenvalue weighted by atomic mass is 32.2. The van der Waals surface area contributed by atoms with Gasteiger partial charge in [-0.15, -0.1) is 11.8 Å². The van der Waals surface area contributed by atoms with E-state index in [2.05, 4.69) is 0 Å². The van der Waals surface area contributed by atoms with Crippen LogP contribution in [0.3, 0.4) is 0 Å². The number of benzene rings is 1. The molecule has 2 rings (SSSR count). The van der Waals surface area contributed by atoms with Crippen molar-refractivity contribution in [2.75, 3.05) is 33.1 Å². The fourth-order valence-electron chi connectivity index (χ4n) is 2.65. The van der Waals surface area contributed by atoms with Gasteiger partial charge in [-0.1, -0.05) is 12.1 Å². The third-order valence-electron chi connectivity index (χ3n) is 3.94. The Kier molecular flexibility index (Phi) is 6.84. The quantitative estimate of drug-likeness (QED) is 0.424. The highest BCUT2D eigenvalue weighted by Crippen LogP contribution is 2.31. The summed E-state index contributed by atoms with van der Waals surface area (Å²) in [7, 11) is 1.58. The van der Waals surface area contributed by atoms with Crippen molar-refractivity contribution in [2.45, 2.75) is 18.7 Å². The Labute approximate surface area is 152 Å². The molecule has 0 unspecified atom stereocenters. The summed E-state index contributed by atoms with van der Waals surface area (Å²) in [6, 6.07) is 7.84. The molecule has 0 bridgehead atoms. The fraction of sp³-hybridized carbons (Fsp3) is 0.368. The van der Waals surface area contributed by atoms with Crippen LogP contribution in [0.25, 0.3) is 6.08 Å². The zero-order valence-electron chi connectivity index (χ0n) is 15.0. The van der Waals surface area contributed by atoms with Crippen molar-refractivity contribution in [3.8, 4) is 0 Å². The zero-order chi connectivity index (χ0) is 18.4. The molecule has 0 fully saturated rings. The lowest BCUT2D eigenvalue weighted by Crippen LogP contribution is -2.28. The standard InChI is InChI=1S/C19H23NO4S/c1-5-24-19(22)17-13(2)20(10-11-23-3)18(21)16(17)12-14-6-8-15(25-4)9-7-14/h6-9,12H,5,10-11H2,1-4H3/b16-12-. The van der Waals surface area contributed by atoms with Gasteiger partial charge in [-0.05, 0) is 43.9 Å². The summed E-state index contributed by atoms with van der Waals surface area (Å²) in [5.74, 6) is -0.674. The zero-order valence-corrected chi connectivity index (χ0v) is 15.8. The van der Waals surface area contributed by atoms with Gasteiger partial charge in [-0.2, -0.15) is 0 Å². The Balaban J connectivity index is 2.42. The Morgan fingerprint density at radius 2 is 1.96 bits per heavy atom. The summed E-state index contributed by atoms with van der Waals surface area (Å²) in [4.78, 5) is 27.9. The van der Waals surface area contributed by atoms with Crippen LogP contribution in [0.15, 0.2) is 46.0 Å². The van der Waals surface area contributed by atoms with E-state index in [1.54, 1.807) is 43.7 Å². The van der Waals surface area contributed by atoms with E-state index in [4.69, 9.17) is 9.47 Å². The van der Waals surface area contributed by atoms with Gasteiger partial charge in [0.05, 0.1) is 24.4 Å². The Morgan fingerprint density at radius 3 is 2.52 bits per heavy atom. The first-order chi connectivity index (χ1) is 12.0. The number of thioether (sulfide) groups is 1. The second-order valence-corrected chi connectivity index (χ2v) is 6.34. The number of rotatable bonds is 7. The van der Waals surface area contributed by atoms with Gasteiger partial charge in [0, 0.05) is 24.2 Å². The number of amides is 1. The molecular weight excluding hydrogens is 338 g/mol. The van der Waals surface area contributed by atoms with Crippen LogP contribution in [0, 0.1) is 0 Å². The minimum atomic E-state index is -0.472. The molecule has 134 valence electrons. The molecule has 0 N–H and O–H groups in total. The predicted molar refractivity (Wildman–Crippen MR) is 99.1 cm³/mol. The van der Waals surface area contributed by atoms with Gasteiger partial charge in [0.15, 0.2) is 0 Å². The summed E-state index contributed by atoms with van der Waals surface area (Å²) in [6.45, 7) is 4.56. The van der Waals surface area contributed by atoms with Crippen molar-refractivity contribution in [2.24, 2.45) is 0 Å². The van der Waals surface area contributed by atoms with E-state index in [-0.39, 0.29) is 12.5 Å². The molecule has 0 saturated carbocycles. The van der Waals surface area contributed by atoms with Gasteiger partial charge < -0.3 is 14.4 Å². The van der Waals surface area contributed by atoms with Gasteiger partial charge in [0.25, 0.3) is 5.91 Å². The maximum Gasteiger partial charge on any atom is 0.340 e. The molecule has 0 aliphatic carbocycles. The summed E-state index contributed by atoms with van der Waals surface area (Å²) < 4.78 is 10.2. The van der Waals surface area contributed by atoms with Gasteiger partial charge in [-0.25, -0.2) is 4.79 Å². The molecule has 1 aliphatic heterocycles. The highest BCUT2D eigenvalue weighted by Gasteiger charge is 2.36. The Hall–Kier alpha value is -2.05. The number of esters is 1. The molecule has 6 heteroatoms. The third-order valence-corrected chi connectivity index (χ3v) is 4.68. The lowest BCUT2D eigenvalue weighted by atomic mass is 10.0. The second kappa shape index (κ2) is 8.87. The number of hydrogen-bond donors (Lipinski definition) is 0. The summed E-state index contributed by atoms with van der Waals surface area (Å²) in [6.07, 6.45) is 3.75. The van der Waals surface area contributed by atoms with Gasteiger partial charge in [0.2, 0.25) is 0 Å². The molecule has 0 aromatic heterocycles. The highest BCUT2D eigenvalue weighted by molar-refractivity contribution is 7.98. The van der Waals surface area contributed by atoms with Crippen LogP contribution in [0.2, 0.25) is 0 Å². The second-order valence-electron chi connectivity index (χ2n) is 5.46. The number of carbonyl (C=O) groups excluding carboxylic acids is 2. The third kappa shape index (κ3) is 4.32. The molecule has 1 aliphatic rings. The van der Waals surface area contributed by atoms with Crippen LogP contribution in [0.4, 0.5) is 0 Å². The van der Waals surface area contributed by atoms with E-state index in [1.807, 2.05) is 30.5 Å². The van der Waals surface area contributed by atoms with Crippen LogP contribution in [-0.4, -0.2) is 49.9 Å².